The second-order valence-electron chi connectivity index (χ2n) is 1.96. The van der Waals surface area contributed by atoms with Crippen molar-refractivity contribution in [2.24, 2.45) is 0 Å². The van der Waals surface area contributed by atoms with Crippen LogP contribution in [-0.4, -0.2) is 24.7 Å². The van der Waals surface area contributed by atoms with E-state index in [0.29, 0.717) is 5.56 Å². The van der Waals surface area contributed by atoms with Crippen molar-refractivity contribution in [3.8, 4) is 0 Å². The molecule has 0 spiro atoms. The Bertz CT molecular complexity index is 261. The van der Waals surface area contributed by atoms with Crippen LogP contribution in [0.2, 0.25) is 0 Å². The van der Waals surface area contributed by atoms with Gasteiger partial charge in [-0.2, -0.15) is 0 Å². The Morgan fingerprint density at radius 3 is 2.00 bits per heavy atom. The zero-order chi connectivity index (χ0) is 10.1. The van der Waals surface area contributed by atoms with Crippen LogP contribution >= 0.6 is 0 Å². The Morgan fingerprint density at radius 2 is 1.79 bits per heavy atom. The monoisotopic (exact) mass is 220 g/mol. The van der Waals surface area contributed by atoms with Crippen molar-refractivity contribution >= 4 is 12.4 Å². The molecule has 0 aliphatic heterocycles. The van der Waals surface area contributed by atoms with Gasteiger partial charge in [0.1, 0.15) is 0 Å². The summed E-state index contributed by atoms with van der Waals surface area (Å²) >= 11 is 0. The molecule has 14 heavy (non-hydrogen) atoms. The van der Waals surface area contributed by atoms with Crippen LogP contribution in [0, 0.1) is 0 Å². The van der Waals surface area contributed by atoms with Gasteiger partial charge in [-0.3, -0.25) is 0 Å². The van der Waals surface area contributed by atoms with Gasteiger partial charge in [-0.25, -0.2) is 4.79 Å². The molecule has 1 aromatic rings. The van der Waals surface area contributed by atoms with Gasteiger partial charge >= 0.3 is 57.4 Å². The molecule has 0 heterocycles. The smallest absolute Gasteiger partial charge is 0.655 e. The first kappa shape index (κ1) is 16.2. The molecule has 5 heteroatoms. The summed E-state index contributed by atoms with van der Waals surface area (Å²) in [5.41, 5.74) is 0.331. The third-order valence-electron chi connectivity index (χ3n) is 1.10. The third-order valence-corrected chi connectivity index (χ3v) is 1.10. The second kappa shape index (κ2) is 10.9. The van der Waals surface area contributed by atoms with E-state index in [1.165, 1.54) is 13.6 Å². The van der Waals surface area contributed by atoms with E-state index >= 15 is 0 Å². The van der Waals surface area contributed by atoms with Crippen molar-refractivity contribution in [3.63, 3.8) is 0 Å². The van der Waals surface area contributed by atoms with Gasteiger partial charge < -0.3 is 14.6 Å². The maximum atomic E-state index is 10.2. The molecular formula is C9H9KO4. The number of carbonyl (C=O) groups is 1. The summed E-state index contributed by atoms with van der Waals surface area (Å²) in [4.78, 5) is 19.0. The van der Waals surface area contributed by atoms with Crippen molar-refractivity contribution in [2.45, 2.75) is 0 Å². The number of carbonyl (C=O) groups excluding carboxylic acids is 1. The van der Waals surface area contributed by atoms with Crippen LogP contribution < -0.4 is 51.4 Å². The minimum Gasteiger partial charge on any atom is -0.655 e. The van der Waals surface area contributed by atoms with Gasteiger partial charge in [-0.1, -0.05) is 24.7 Å². The molecule has 1 N–H and O–H groups in total. The maximum Gasteiger partial charge on any atom is 1.00 e. The van der Waals surface area contributed by atoms with Crippen LogP contribution in [0.5, 0.6) is 0 Å². The van der Waals surface area contributed by atoms with Gasteiger partial charge in [-0.05, 0) is 12.1 Å². The van der Waals surface area contributed by atoms with Gasteiger partial charge in [0.15, 0.2) is 0 Å². The maximum absolute atomic E-state index is 10.2. The molecule has 0 amide bonds. The van der Waals surface area contributed by atoms with E-state index in [1.54, 1.807) is 30.3 Å². The molecule has 70 valence electrons. The summed E-state index contributed by atoms with van der Waals surface area (Å²) in [7, 11) is 1.26. The van der Waals surface area contributed by atoms with Crippen LogP contribution in [0.3, 0.4) is 0 Å². The molecule has 0 fully saturated rings. The van der Waals surface area contributed by atoms with Crippen LogP contribution in [0.15, 0.2) is 30.3 Å². The number of ether oxygens (including phenoxy) is 1. The molecule has 0 aliphatic carbocycles. The topological polar surface area (TPSA) is 63.6 Å². The molecule has 4 nitrogen and oxygen atoms in total. The molecule has 0 aliphatic rings. The summed E-state index contributed by atoms with van der Waals surface area (Å²) in [5, 5.41) is 8.38. The molecule has 0 atom stereocenters. The van der Waals surface area contributed by atoms with Gasteiger partial charge in [0.25, 0.3) is 0 Å². The fourth-order valence-corrected chi connectivity index (χ4v) is 0.581. The van der Waals surface area contributed by atoms with Gasteiger partial charge in [0.2, 0.25) is 0 Å². The Balaban J connectivity index is 0. The van der Waals surface area contributed by atoms with E-state index in [9.17, 15) is 4.79 Å². The quantitative estimate of drug-likeness (QED) is 0.466. The van der Waals surface area contributed by atoms with Gasteiger partial charge in [0, 0.05) is 7.11 Å². The minimum atomic E-state index is -0.879. The van der Waals surface area contributed by atoms with E-state index in [4.69, 9.17) is 9.90 Å². The molecule has 0 saturated heterocycles. The average molecular weight is 220 g/mol. The number of carboxylic acid groups (broad SMARTS) is 1. The van der Waals surface area contributed by atoms with E-state index in [0.717, 1.165) is 0 Å². The molecule has 0 saturated carbocycles. The van der Waals surface area contributed by atoms with E-state index < -0.39 is 5.97 Å². The number of aromatic carboxylic acids is 1. The van der Waals surface area contributed by atoms with E-state index in [1.807, 2.05) is 0 Å². The van der Waals surface area contributed by atoms with Crippen LogP contribution in [0.25, 0.3) is 0 Å². The zero-order valence-corrected chi connectivity index (χ0v) is 11.2. The zero-order valence-electron chi connectivity index (χ0n) is 8.06. The normalized spacial score (nSPS) is 7.21. The molecule has 0 radical (unpaired) electrons. The van der Waals surface area contributed by atoms with Crippen molar-refractivity contribution in [1.29, 1.82) is 0 Å². The molecule has 1 rings (SSSR count). The molecule has 1 aromatic carbocycles. The molecular weight excluding hydrogens is 211 g/mol. The second-order valence-corrected chi connectivity index (χ2v) is 1.96. The number of rotatable bonds is 2. The Hall–Kier alpha value is -0.204. The summed E-state index contributed by atoms with van der Waals surface area (Å²) in [6.45, 7) is 1.18. The number of hydrogen-bond acceptors (Lipinski definition) is 3. The number of carboxylic acids is 1. The fraction of sp³-hybridized carbons (Fsp3) is 0.111. The predicted molar refractivity (Wildman–Crippen MR) is 46.1 cm³/mol. The van der Waals surface area contributed by atoms with Crippen molar-refractivity contribution in [2.75, 3.05) is 7.11 Å². The van der Waals surface area contributed by atoms with Gasteiger partial charge in [0.05, 0.1) is 5.56 Å². The largest absolute Gasteiger partial charge is 1.00 e. The summed E-state index contributed by atoms with van der Waals surface area (Å²) in [5.74, 6) is -0.879. The number of hydrogen-bond donors (Lipinski definition) is 1. The van der Waals surface area contributed by atoms with Crippen LogP contribution in [0.1, 0.15) is 10.4 Å². The summed E-state index contributed by atoms with van der Waals surface area (Å²) in [6, 6.07) is 8.30. The first-order valence-corrected chi connectivity index (χ1v) is 3.40. The summed E-state index contributed by atoms with van der Waals surface area (Å²) in [6.07, 6.45) is 0. The predicted octanol–water partition coefficient (Wildman–Crippen LogP) is -1.91. The van der Waals surface area contributed by atoms with E-state index in [-0.39, 0.29) is 51.4 Å². The third kappa shape index (κ3) is 8.40. The van der Waals surface area contributed by atoms with Crippen LogP contribution in [-0.2, 0) is 9.53 Å². The van der Waals surface area contributed by atoms with Crippen LogP contribution in [0.4, 0.5) is 0 Å². The van der Waals surface area contributed by atoms with Crippen molar-refractivity contribution < 1.29 is 70.8 Å². The Kier molecular flexibility index (Phi) is 12.6. The minimum absolute atomic E-state index is 0. The molecule has 0 bridgehead atoms. The first-order valence-electron chi connectivity index (χ1n) is 3.40. The number of benzene rings is 1. The van der Waals surface area contributed by atoms with Crippen molar-refractivity contribution in [1.82, 2.24) is 0 Å². The summed E-state index contributed by atoms with van der Waals surface area (Å²) < 4.78 is 3.74. The fourth-order valence-electron chi connectivity index (χ4n) is 0.581. The van der Waals surface area contributed by atoms with Gasteiger partial charge in [-0.15, -0.1) is 0 Å². The first-order chi connectivity index (χ1) is 6.22. The standard InChI is InChI=1S/C7H6O2.C2H3O2.K/c8-7(9)6-4-2-1-3-5-6;1-4-2-3;/h1-5H,(H,8,9);1H3;/q;-1;+1. The average Bonchev–Trinajstić information content (AvgIpc) is 2.19. The van der Waals surface area contributed by atoms with E-state index in [2.05, 4.69) is 4.74 Å². The molecule has 0 aromatic heterocycles. The number of methoxy groups -OCH3 is 1. The SMILES string of the molecule is CO[C-]=O.O=C(O)c1ccccc1.[K+]. The van der Waals surface area contributed by atoms with Crippen molar-refractivity contribution in [3.05, 3.63) is 35.9 Å². The Labute approximate surface area is 125 Å². The molecule has 0 unspecified atom stereocenters. The Morgan fingerprint density at radius 1 is 1.36 bits per heavy atom.